The largest absolute Gasteiger partial charge is 0.494 e. The lowest BCUT2D eigenvalue weighted by atomic mass is 10.1. The quantitative estimate of drug-likeness (QED) is 0.119. The minimum atomic E-state index is -0.422. The Labute approximate surface area is 212 Å². The maximum Gasteiger partial charge on any atom is 0.343 e. The highest BCUT2D eigenvalue weighted by Gasteiger charge is 2.09. The van der Waals surface area contributed by atoms with Gasteiger partial charge in [-0.3, -0.25) is 4.98 Å². The minimum Gasteiger partial charge on any atom is -0.494 e. The number of aromatic nitrogens is 1. The van der Waals surface area contributed by atoms with E-state index in [9.17, 15) is 9.59 Å². The Hall–Kier alpha value is -4.19. The molecule has 0 aliphatic carbocycles. The van der Waals surface area contributed by atoms with Crippen molar-refractivity contribution >= 4 is 24.1 Å². The second-order valence-electron chi connectivity index (χ2n) is 8.28. The predicted molar refractivity (Wildman–Crippen MR) is 141 cm³/mol. The van der Waals surface area contributed by atoms with Gasteiger partial charge in [0.25, 0.3) is 0 Å². The molecule has 0 aliphatic rings. The summed E-state index contributed by atoms with van der Waals surface area (Å²) in [4.78, 5) is 27.8. The van der Waals surface area contributed by atoms with E-state index in [0.717, 1.165) is 36.8 Å². The van der Waals surface area contributed by atoms with E-state index in [-0.39, 0.29) is 5.97 Å². The average molecular weight is 486 g/mol. The molecule has 0 amide bonds. The average Bonchev–Trinajstić information content (AvgIpc) is 2.90. The Morgan fingerprint density at radius 2 is 1.36 bits per heavy atom. The summed E-state index contributed by atoms with van der Waals surface area (Å²) < 4.78 is 16.3. The van der Waals surface area contributed by atoms with Gasteiger partial charge >= 0.3 is 11.9 Å². The molecule has 6 nitrogen and oxygen atoms in total. The van der Waals surface area contributed by atoms with Crippen LogP contribution in [-0.2, 0) is 9.53 Å². The van der Waals surface area contributed by atoms with Crippen LogP contribution in [0.25, 0.3) is 12.2 Å². The summed E-state index contributed by atoms with van der Waals surface area (Å²) in [6, 6.07) is 18.1. The minimum absolute atomic E-state index is 0.339. The highest BCUT2D eigenvalue weighted by Crippen LogP contribution is 2.18. The van der Waals surface area contributed by atoms with Crippen molar-refractivity contribution in [2.24, 2.45) is 0 Å². The molecule has 0 spiro atoms. The van der Waals surface area contributed by atoms with Gasteiger partial charge < -0.3 is 14.2 Å². The molecule has 0 bridgehead atoms. The van der Waals surface area contributed by atoms with Crippen molar-refractivity contribution in [1.82, 2.24) is 4.98 Å². The van der Waals surface area contributed by atoms with Crippen LogP contribution in [0, 0.1) is 0 Å². The van der Waals surface area contributed by atoms with Gasteiger partial charge in [-0.15, -0.1) is 0 Å². The van der Waals surface area contributed by atoms with Crippen molar-refractivity contribution in [3.05, 3.63) is 102 Å². The molecule has 1 heterocycles. The van der Waals surface area contributed by atoms with E-state index in [1.807, 2.05) is 36.4 Å². The van der Waals surface area contributed by atoms with Crippen LogP contribution in [0.15, 0.2) is 85.2 Å². The number of rotatable bonds is 13. The van der Waals surface area contributed by atoms with Crippen molar-refractivity contribution in [2.75, 3.05) is 13.2 Å². The van der Waals surface area contributed by atoms with Gasteiger partial charge in [0, 0.05) is 18.0 Å². The summed E-state index contributed by atoms with van der Waals surface area (Å²) in [6.45, 7) is 6.19. The topological polar surface area (TPSA) is 74.7 Å². The molecule has 0 aliphatic heterocycles. The smallest absolute Gasteiger partial charge is 0.343 e. The van der Waals surface area contributed by atoms with E-state index in [1.54, 1.807) is 55.7 Å². The third-order valence-electron chi connectivity index (χ3n) is 5.24. The molecule has 6 heteroatoms. The zero-order chi connectivity index (χ0) is 25.6. The van der Waals surface area contributed by atoms with Crippen LogP contribution in [-0.4, -0.2) is 30.1 Å². The number of nitrogens with zero attached hydrogens (tertiary/aromatic N) is 1. The monoisotopic (exact) mass is 485 g/mol. The van der Waals surface area contributed by atoms with Crippen molar-refractivity contribution in [3.63, 3.8) is 0 Å². The second-order valence-corrected chi connectivity index (χ2v) is 8.28. The molecule has 0 N–H and O–H groups in total. The highest BCUT2D eigenvalue weighted by atomic mass is 16.5. The molecule has 3 aromatic rings. The zero-order valence-electron chi connectivity index (χ0n) is 20.5. The summed E-state index contributed by atoms with van der Waals surface area (Å²) in [5, 5.41) is 0. The standard InChI is InChI=1S/C30H31NO5/c1-23(2)29(32)35-22-6-4-3-5-21-34-27-15-11-26(12-16-27)30(33)36-28-13-9-24(10-14-28)7-8-25-17-19-31-20-18-25/h7-20H,1,3-6,21-22H2,2H3/b8-7+. The van der Waals surface area contributed by atoms with E-state index < -0.39 is 5.97 Å². The van der Waals surface area contributed by atoms with E-state index in [0.29, 0.717) is 35.8 Å². The van der Waals surface area contributed by atoms with Gasteiger partial charge in [0.2, 0.25) is 0 Å². The molecule has 36 heavy (non-hydrogen) atoms. The van der Waals surface area contributed by atoms with E-state index >= 15 is 0 Å². The molecule has 0 unspecified atom stereocenters. The van der Waals surface area contributed by atoms with Gasteiger partial charge in [0.15, 0.2) is 0 Å². The van der Waals surface area contributed by atoms with Crippen LogP contribution in [0.2, 0.25) is 0 Å². The number of hydrogen-bond donors (Lipinski definition) is 0. The lowest BCUT2D eigenvalue weighted by Gasteiger charge is -2.08. The number of carbonyl (C=O) groups excluding carboxylic acids is 2. The number of ether oxygens (including phenoxy) is 3. The van der Waals surface area contributed by atoms with Crippen LogP contribution in [0.3, 0.4) is 0 Å². The maximum atomic E-state index is 12.5. The first-order valence-electron chi connectivity index (χ1n) is 12.0. The lowest BCUT2D eigenvalue weighted by molar-refractivity contribution is -0.139. The Morgan fingerprint density at radius 3 is 2.00 bits per heavy atom. The van der Waals surface area contributed by atoms with E-state index in [4.69, 9.17) is 14.2 Å². The normalized spacial score (nSPS) is 10.7. The molecule has 0 saturated carbocycles. The third-order valence-corrected chi connectivity index (χ3v) is 5.24. The first-order valence-corrected chi connectivity index (χ1v) is 12.0. The van der Waals surface area contributed by atoms with E-state index in [2.05, 4.69) is 11.6 Å². The molecule has 2 aromatic carbocycles. The van der Waals surface area contributed by atoms with Gasteiger partial charge in [-0.1, -0.05) is 30.9 Å². The van der Waals surface area contributed by atoms with Gasteiger partial charge in [-0.05, 0) is 92.3 Å². The van der Waals surface area contributed by atoms with Gasteiger partial charge in [0.1, 0.15) is 11.5 Å². The summed E-state index contributed by atoms with van der Waals surface area (Å²) >= 11 is 0. The summed E-state index contributed by atoms with van der Waals surface area (Å²) in [7, 11) is 0. The fourth-order valence-corrected chi connectivity index (χ4v) is 3.20. The Balaban J connectivity index is 1.35. The number of unbranched alkanes of at least 4 members (excludes halogenated alkanes) is 3. The van der Waals surface area contributed by atoms with Crippen LogP contribution in [0.1, 0.15) is 54.1 Å². The second kappa shape index (κ2) is 14.3. The number of esters is 2. The Kier molecular flexibility index (Phi) is 10.5. The van der Waals surface area contributed by atoms with E-state index in [1.165, 1.54) is 0 Å². The fourth-order valence-electron chi connectivity index (χ4n) is 3.20. The maximum absolute atomic E-state index is 12.5. The summed E-state index contributed by atoms with van der Waals surface area (Å²) in [5.74, 6) is 0.422. The first kappa shape index (κ1) is 26.4. The number of hydrogen-bond acceptors (Lipinski definition) is 6. The van der Waals surface area contributed by atoms with Crippen LogP contribution >= 0.6 is 0 Å². The van der Waals surface area contributed by atoms with Crippen LogP contribution in [0.5, 0.6) is 11.5 Å². The highest BCUT2D eigenvalue weighted by molar-refractivity contribution is 5.91. The van der Waals surface area contributed by atoms with Crippen molar-refractivity contribution in [1.29, 1.82) is 0 Å². The molecule has 1 aromatic heterocycles. The molecular weight excluding hydrogens is 454 g/mol. The van der Waals surface area contributed by atoms with Crippen LogP contribution in [0.4, 0.5) is 0 Å². The molecule has 0 atom stereocenters. The molecule has 3 rings (SSSR count). The fraction of sp³-hybridized carbons (Fsp3) is 0.233. The molecule has 186 valence electrons. The van der Waals surface area contributed by atoms with Gasteiger partial charge in [-0.25, -0.2) is 9.59 Å². The van der Waals surface area contributed by atoms with Crippen molar-refractivity contribution in [3.8, 4) is 11.5 Å². The lowest BCUT2D eigenvalue weighted by Crippen LogP contribution is -2.08. The van der Waals surface area contributed by atoms with Gasteiger partial charge in [-0.2, -0.15) is 0 Å². The van der Waals surface area contributed by atoms with Gasteiger partial charge in [0.05, 0.1) is 18.8 Å². The summed E-state index contributed by atoms with van der Waals surface area (Å²) in [6.07, 6.45) is 11.1. The van der Waals surface area contributed by atoms with Crippen molar-refractivity contribution in [2.45, 2.75) is 32.6 Å². The number of pyridine rings is 1. The van der Waals surface area contributed by atoms with Crippen molar-refractivity contribution < 1.29 is 23.8 Å². The number of benzene rings is 2. The Morgan fingerprint density at radius 1 is 0.778 bits per heavy atom. The zero-order valence-corrected chi connectivity index (χ0v) is 20.5. The molecular formula is C30H31NO5. The number of carbonyl (C=O) groups is 2. The molecule has 0 fully saturated rings. The summed E-state index contributed by atoms with van der Waals surface area (Å²) in [5.41, 5.74) is 2.93. The predicted octanol–water partition coefficient (Wildman–Crippen LogP) is 6.53. The molecule has 0 saturated heterocycles. The van der Waals surface area contributed by atoms with Crippen LogP contribution < -0.4 is 9.47 Å². The molecule has 0 radical (unpaired) electrons. The Bertz CT molecular complexity index is 1150. The SMILES string of the molecule is C=C(C)C(=O)OCCCCCCOc1ccc(C(=O)Oc2ccc(/C=C/c3ccncc3)cc2)cc1. The first-order chi connectivity index (χ1) is 17.5. The third kappa shape index (κ3) is 9.22.